The molecule has 0 amide bonds. The average Bonchev–Trinajstić information content (AvgIpc) is 2.06. The Labute approximate surface area is 84.3 Å². The van der Waals surface area contributed by atoms with E-state index in [1.54, 1.807) is 11.1 Å². The molecule has 0 saturated heterocycles. The van der Waals surface area contributed by atoms with E-state index < -0.39 is 0 Å². The predicted molar refractivity (Wildman–Crippen MR) is 50.9 cm³/mol. The van der Waals surface area contributed by atoms with Crippen molar-refractivity contribution < 1.29 is 0 Å². The first-order valence-corrected chi connectivity index (χ1v) is 5.69. The first kappa shape index (κ1) is 9.44. The third-order valence-electron chi connectivity index (χ3n) is 3.25. The molecule has 0 aromatic heterocycles. The van der Waals surface area contributed by atoms with Gasteiger partial charge in [-0.1, -0.05) is 0 Å². The Morgan fingerprint density at radius 3 is 1.27 bits per heavy atom. The van der Waals surface area contributed by atoms with Crippen LogP contribution in [0.3, 0.4) is 0 Å². The van der Waals surface area contributed by atoms with Gasteiger partial charge in [0.05, 0.1) is 0 Å². The molecule has 0 bridgehead atoms. The van der Waals surface area contributed by atoms with Gasteiger partial charge in [-0.15, -0.1) is 0 Å². The molecule has 1 aliphatic rings. The summed E-state index contributed by atoms with van der Waals surface area (Å²) >= 11 is 1.31. The van der Waals surface area contributed by atoms with Crippen molar-refractivity contribution in [2.24, 2.45) is 0 Å². The number of allylic oxidation sites excluding steroid dienone is 4. The normalized spacial score (nSPS) is 23.5. The third-order valence-corrected chi connectivity index (χ3v) is 5.72. The summed E-state index contributed by atoms with van der Waals surface area (Å²) in [7, 11) is 0. The zero-order chi connectivity index (χ0) is 8.81. The van der Waals surface area contributed by atoms with E-state index in [0.717, 1.165) is 0 Å². The molecule has 0 aromatic rings. The van der Waals surface area contributed by atoms with Crippen LogP contribution in [0.1, 0.15) is 34.6 Å². The van der Waals surface area contributed by atoms with E-state index in [-0.39, 0.29) is 0 Å². The Hall–Kier alpha value is 0.350. The molecule has 56 valence electrons. The molecule has 0 aliphatic heterocycles. The van der Waals surface area contributed by atoms with Crippen LogP contribution >= 0.6 is 0 Å². The van der Waals surface area contributed by atoms with Crippen molar-refractivity contribution in [3.8, 4) is 0 Å². The van der Waals surface area contributed by atoms with Gasteiger partial charge < -0.3 is 0 Å². The maximum absolute atomic E-state index is 2.36. The Kier molecular flexibility index (Phi) is 2.31. The van der Waals surface area contributed by atoms with Crippen LogP contribution in [-0.4, -0.2) is 24.4 Å². The molecule has 0 fully saturated rings. The van der Waals surface area contributed by atoms with Gasteiger partial charge in [0.2, 0.25) is 0 Å². The molecule has 1 rings (SSSR count). The van der Waals surface area contributed by atoms with Gasteiger partial charge in [-0.3, -0.25) is 0 Å². The minimum atomic E-state index is 0.444. The van der Waals surface area contributed by atoms with Gasteiger partial charge in [0.1, 0.15) is 0 Å². The second kappa shape index (κ2) is 2.69. The second-order valence-corrected chi connectivity index (χ2v) is 7.00. The van der Waals surface area contributed by atoms with Gasteiger partial charge in [0.15, 0.2) is 0 Å². The van der Waals surface area contributed by atoms with Crippen molar-refractivity contribution in [3.63, 3.8) is 0 Å². The zero-order valence-electron chi connectivity index (χ0n) is 8.08. The molecule has 0 radical (unpaired) electrons. The molecular weight excluding hydrogens is 235 g/mol. The molecule has 0 aromatic carbocycles. The first-order chi connectivity index (χ1) is 4.89. The van der Waals surface area contributed by atoms with Gasteiger partial charge in [-0.25, -0.2) is 0 Å². The van der Waals surface area contributed by atoms with Gasteiger partial charge in [-0.05, 0) is 0 Å². The van der Waals surface area contributed by atoms with Crippen LogP contribution < -0.4 is 0 Å². The molecule has 0 spiro atoms. The zero-order valence-corrected chi connectivity index (χ0v) is 11.4. The third kappa shape index (κ3) is 1.22. The number of hydrogen-bond donors (Lipinski definition) is 0. The molecule has 0 heterocycles. The standard InChI is InChI=1S/C10H15.In/c1-6-7(2)9(4)10(5)8(6)3;/h1-5H3;/q;+2. The molecule has 0 nitrogen and oxygen atoms in total. The summed E-state index contributed by atoms with van der Waals surface area (Å²) < 4.78 is 0.444. The number of rotatable bonds is 0. The molecule has 0 N–H and O–H groups in total. The van der Waals surface area contributed by atoms with Crippen molar-refractivity contribution in [3.05, 3.63) is 22.3 Å². The maximum atomic E-state index is 2.36. The summed E-state index contributed by atoms with van der Waals surface area (Å²) in [6.07, 6.45) is 0. The molecular formula is C10H15In+2. The summed E-state index contributed by atoms with van der Waals surface area (Å²) in [5.41, 5.74) is 6.24. The molecule has 0 atom stereocenters. The summed E-state index contributed by atoms with van der Waals surface area (Å²) in [5, 5.41) is 0. The Morgan fingerprint density at radius 1 is 0.909 bits per heavy atom. The van der Waals surface area contributed by atoms with Crippen molar-refractivity contribution in [2.75, 3.05) is 0 Å². The molecule has 0 saturated carbocycles. The van der Waals surface area contributed by atoms with Gasteiger partial charge >= 0.3 is 84.5 Å². The van der Waals surface area contributed by atoms with E-state index in [9.17, 15) is 0 Å². The first-order valence-electron chi connectivity index (χ1n) is 4.04. The van der Waals surface area contributed by atoms with Crippen LogP contribution in [0.15, 0.2) is 22.3 Å². The summed E-state index contributed by atoms with van der Waals surface area (Å²) in [6, 6.07) is 0. The summed E-state index contributed by atoms with van der Waals surface area (Å²) in [4.78, 5) is 0. The summed E-state index contributed by atoms with van der Waals surface area (Å²) in [5.74, 6) is 0. The van der Waals surface area contributed by atoms with E-state index in [0.29, 0.717) is 3.17 Å². The summed E-state index contributed by atoms with van der Waals surface area (Å²) in [6.45, 7) is 11.4. The van der Waals surface area contributed by atoms with Crippen molar-refractivity contribution >= 4 is 24.4 Å². The van der Waals surface area contributed by atoms with Crippen molar-refractivity contribution in [1.29, 1.82) is 0 Å². The van der Waals surface area contributed by atoms with Gasteiger partial charge in [-0.2, -0.15) is 0 Å². The van der Waals surface area contributed by atoms with Crippen molar-refractivity contribution in [2.45, 2.75) is 37.8 Å². The fourth-order valence-electron chi connectivity index (χ4n) is 1.62. The van der Waals surface area contributed by atoms with E-state index >= 15 is 0 Å². The fraction of sp³-hybridized carbons (Fsp3) is 0.600. The van der Waals surface area contributed by atoms with Gasteiger partial charge in [0.25, 0.3) is 0 Å². The van der Waals surface area contributed by atoms with E-state index in [4.69, 9.17) is 0 Å². The fourth-order valence-corrected chi connectivity index (χ4v) is 2.86. The Balaban J connectivity index is 3.27. The second-order valence-electron chi connectivity index (χ2n) is 3.70. The number of hydrogen-bond acceptors (Lipinski definition) is 0. The SMILES string of the molecule is CC1=C(C)[C](C)([In+2])C(C)=C1C. The van der Waals surface area contributed by atoms with Crippen LogP contribution in [0.2, 0.25) is 3.17 Å². The monoisotopic (exact) mass is 250 g/mol. The van der Waals surface area contributed by atoms with Crippen LogP contribution in [-0.2, 0) is 0 Å². The van der Waals surface area contributed by atoms with Crippen LogP contribution in [0.4, 0.5) is 0 Å². The average molecular weight is 250 g/mol. The van der Waals surface area contributed by atoms with E-state index in [1.807, 2.05) is 0 Å². The Bertz CT molecular complexity index is 228. The molecule has 11 heavy (non-hydrogen) atoms. The molecule has 1 aliphatic carbocycles. The topological polar surface area (TPSA) is 0 Å². The van der Waals surface area contributed by atoms with E-state index in [2.05, 4.69) is 34.6 Å². The molecule has 1 heteroatoms. The van der Waals surface area contributed by atoms with Gasteiger partial charge in [0, 0.05) is 0 Å². The Morgan fingerprint density at radius 2 is 1.18 bits per heavy atom. The van der Waals surface area contributed by atoms with Crippen LogP contribution in [0.5, 0.6) is 0 Å². The predicted octanol–water partition coefficient (Wildman–Crippen LogP) is 3.02. The van der Waals surface area contributed by atoms with Crippen molar-refractivity contribution in [1.82, 2.24) is 0 Å². The quantitative estimate of drug-likeness (QED) is 0.619. The minimum absolute atomic E-state index is 0.444. The van der Waals surface area contributed by atoms with Crippen LogP contribution in [0.25, 0.3) is 0 Å². The van der Waals surface area contributed by atoms with Crippen LogP contribution in [0, 0.1) is 0 Å². The van der Waals surface area contributed by atoms with E-state index in [1.165, 1.54) is 35.5 Å². The molecule has 0 unspecified atom stereocenters.